The van der Waals surface area contributed by atoms with Crippen molar-refractivity contribution in [3.8, 4) is 0 Å². The molecule has 1 saturated heterocycles. The lowest BCUT2D eigenvalue weighted by atomic mass is 9.93. The number of nitrogens with two attached hydrogens (primary N) is 1. The Labute approximate surface area is 111 Å². The molecule has 1 aromatic rings. The van der Waals surface area contributed by atoms with Gasteiger partial charge in [0.05, 0.1) is 6.04 Å². The second-order valence-electron chi connectivity index (χ2n) is 4.87. The second kappa shape index (κ2) is 6.03. The highest BCUT2D eigenvalue weighted by atomic mass is 79.9. The molecular weight excluding hydrogens is 280 g/mol. The summed E-state index contributed by atoms with van der Waals surface area (Å²) in [4.78, 5) is 2.50. The SMILES string of the molecule is CC(c1ccc(Br)o1)N1CCC(CCN)CC1. The van der Waals surface area contributed by atoms with Crippen LogP contribution in [0.4, 0.5) is 0 Å². The van der Waals surface area contributed by atoms with Crippen LogP contribution in [0.3, 0.4) is 0 Å². The van der Waals surface area contributed by atoms with E-state index < -0.39 is 0 Å². The Balaban J connectivity index is 1.88. The van der Waals surface area contributed by atoms with Gasteiger partial charge in [-0.25, -0.2) is 0 Å². The van der Waals surface area contributed by atoms with Crippen molar-refractivity contribution in [1.82, 2.24) is 4.90 Å². The summed E-state index contributed by atoms with van der Waals surface area (Å²) in [5.41, 5.74) is 5.61. The van der Waals surface area contributed by atoms with Crippen LogP contribution < -0.4 is 5.73 Å². The third-order valence-electron chi connectivity index (χ3n) is 3.78. The van der Waals surface area contributed by atoms with Crippen molar-refractivity contribution in [2.75, 3.05) is 19.6 Å². The summed E-state index contributed by atoms with van der Waals surface area (Å²) in [5, 5.41) is 0. The predicted molar refractivity (Wildman–Crippen MR) is 72.8 cm³/mol. The average molecular weight is 301 g/mol. The lowest BCUT2D eigenvalue weighted by molar-refractivity contribution is 0.125. The average Bonchev–Trinajstić information content (AvgIpc) is 2.76. The van der Waals surface area contributed by atoms with Gasteiger partial charge in [0.2, 0.25) is 0 Å². The van der Waals surface area contributed by atoms with Crippen LogP contribution in [0.1, 0.15) is 38.0 Å². The van der Waals surface area contributed by atoms with E-state index in [1.807, 2.05) is 6.07 Å². The molecule has 2 heterocycles. The summed E-state index contributed by atoms with van der Waals surface area (Å²) in [6, 6.07) is 4.40. The van der Waals surface area contributed by atoms with Gasteiger partial charge in [-0.1, -0.05) is 0 Å². The summed E-state index contributed by atoms with van der Waals surface area (Å²) in [6.45, 7) is 5.36. The molecule has 96 valence electrons. The first-order chi connectivity index (χ1) is 8.20. The number of nitrogens with zero attached hydrogens (tertiary/aromatic N) is 1. The van der Waals surface area contributed by atoms with Crippen LogP contribution in [0.15, 0.2) is 21.2 Å². The van der Waals surface area contributed by atoms with Crippen molar-refractivity contribution >= 4 is 15.9 Å². The third-order valence-corrected chi connectivity index (χ3v) is 4.20. The number of likely N-dealkylation sites (tertiary alicyclic amines) is 1. The standard InChI is InChI=1S/C13H21BrN2O/c1-10(12-2-3-13(14)17-12)16-8-5-11(4-7-15)6-9-16/h2-3,10-11H,4-9,15H2,1H3. The zero-order valence-electron chi connectivity index (χ0n) is 10.4. The van der Waals surface area contributed by atoms with E-state index in [0.717, 1.165) is 36.0 Å². The summed E-state index contributed by atoms with van der Waals surface area (Å²) in [5.74, 6) is 1.88. The van der Waals surface area contributed by atoms with Crippen LogP contribution >= 0.6 is 15.9 Å². The molecule has 0 bridgehead atoms. The number of rotatable bonds is 4. The van der Waals surface area contributed by atoms with E-state index in [4.69, 9.17) is 10.2 Å². The zero-order chi connectivity index (χ0) is 12.3. The lowest BCUT2D eigenvalue weighted by Gasteiger charge is -2.35. The van der Waals surface area contributed by atoms with Gasteiger partial charge >= 0.3 is 0 Å². The Bertz CT molecular complexity index is 345. The summed E-state index contributed by atoms with van der Waals surface area (Å²) in [6.07, 6.45) is 3.71. The van der Waals surface area contributed by atoms with Gasteiger partial charge in [0, 0.05) is 0 Å². The topological polar surface area (TPSA) is 42.4 Å². The smallest absolute Gasteiger partial charge is 0.169 e. The van der Waals surface area contributed by atoms with E-state index in [0.29, 0.717) is 6.04 Å². The largest absolute Gasteiger partial charge is 0.453 e. The van der Waals surface area contributed by atoms with Crippen molar-refractivity contribution in [2.45, 2.75) is 32.2 Å². The number of piperidine rings is 1. The monoisotopic (exact) mass is 300 g/mol. The molecule has 1 aromatic heterocycles. The van der Waals surface area contributed by atoms with Gasteiger partial charge in [0.25, 0.3) is 0 Å². The van der Waals surface area contributed by atoms with Gasteiger partial charge in [-0.15, -0.1) is 0 Å². The Morgan fingerprint density at radius 3 is 2.71 bits per heavy atom. The highest BCUT2D eigenvalue weighted by Gasteiger charge is 2.24. The van der Waals surface area contributed by atoms with Crippen LogP contribution in [0.2, 0.25) is 0 Å². The minimum Gasteiger partial charge on any atom is -0.453 e. The molecule has 0 spiro atoms. The minimum atomic E-state index is 0.375. The van der Waals surface area contributed by atoms with E-state index in [1.165, 1.54) is 19.3 Å². The Morgan fingerprint density at radius 1 is 1.47 bits per heavy atom. The molecule has 1 aliphatic heterocycles. The first-order valence-electron chi connectivity index (χ1n) is 6.40. The molecule has 2 rings (SSSR count). The van der Waals surface area contributed by atoms with Crippen LogP contribution in [0, 0.1) is 5.92 Å². The fourth-order valence-corrected chi connectivity index (χ4v) is 2.92. The molecule has 1 atom stereocenters. The maximum atomic E-state index is 5.63. The van der Waals surface area contributed by atoms with Crippen molar-refractivity contribution in [3.05, 3.63) is 22.6 Å². The predicted octanol–water partition coefficient (Wildman–Crippen LogP) is 3.16. The van der Waals surface area contributed by atoms with Gasteiger partial charge in [-0.2, -0.15) is 0 Å². The maximum Gasteiger partial charge on any atom is 0.169 e. The molecule has 1 fully saturated rings. The highest BCUT2D eigenvalue weighted by molar-refractivity contribution is 9.10. The quantitative estimate of drug-likeness (QED) is 0.929. The number of halogens is 1. The normalized spacial score (nSPS) is 20.6. The van der Waals surface area contributed by atoms with Crippen molar-refractivity contribution in [3.63, 3.8) is 0 Å². The number of hydrogen-bond acceptors (Lipinski definition) is 3. The molecule has 0 amide bonds. The van der Waals surface area contributed by atoms with Crippen LogP contribution in [0.5, 0.6) is 0 Å². The molecular formula is C13H21BrN2O. The van der Waals surface area contributed by atoms with E-state index in [1.54, 1.807) is 0 Å². The first-order valence-corrected chi connectivity index (χ1v) is 7.19. The Morgan fingerprint density at radius 2 is 2.18 bits per heavy atom. The fourth-order valence-electron chi connectivity index (χ4n) is 2.60. The molecule has 0 radical (unpaired) electrons. The minimum absolute atomic E-state index is 0.375. The molecule has 3 nitrogen and oxygen atoms in total. The van der Waals surface area contributed by atoms with E-state index >= 15 is 0 Å². The maximum absolute atomic E-state index is 5.63. The summed E-state index contributed by atoms with van der Waals surface area (Å²) >= 11 is 3.36. The molecule has 0 aromatic carbocycles. The van der Waals surface area contributed by atoms with Crippen molar-refractivity contribution in [2.24, 2.45) is 11.7 Å². The van der Waals surface area contributed by atoms with Crippen LogP contribution in [0.25, 0.3) is 0 Å². The molecule has 1 unspecified atom stereocenters. The van der Waals surface area contributed by atoms with E-state index in [-0.39, 0.29) is 0 Å². The first kappa shape index (κ1) is 13.1. The van der Waals surface area contributed by atoms with Crippen LogP contribution in [-0.4, -0.2) is 24.5 Å². The highest BCUT2D eigenvalue weighted by Crippen LogP contribution is 2.29. The van der Waals surface area contributed by atoms with Gasteiger partial charge in [-0.05, 0) is 79.8 Å². The third kappa shape index (κ3) is 3.33. The van der Waals surface area contributed by atoms with Crippen LogP contribution in [-0.2, 0) is 0 Å². The number of hydrogen-bond donors (Lipinski definition) is 1. The number of furan rings is 1. The Hall–Kier alpha value is -0.320. The second-order valence-corrected chi connectivity index (χ2v) is 5.66. The summed E-state index contributed by atoms with van der Waals surface area (Å²) < 4.78 is 6.44. The molecule has 0 saturated carbocycles. The van der Waals surface area contributed by atoms with Crippen molar-refractivity contribution in [1.29, 1.82) is 0 Å². The van der Waals surface area contributed by atoms with Gasteiger partial charge in [-0.3, -0.25) is 4.90 Å². The molecule has 17 heavy (non-hydrogen) atoms. The van der Waals surface area contributed by atoms with E-state index in [9.17, 15) is 0 Å². The van der Waals surface area contributed by atoms with E-state index in [2.05, 4.69) is 33.8 Å². The van der Waals surface area contributed by atoms with Gasteiger partial charge in [0.15, 0.2) is 4.67 Å². The van der Waals surface area contributed by atoms with Gasteiger partial charge < -0.3 is 10.2 Å². The lowest BCUT2D eigenvalue weighted by Crippen LogP contribution is -2.36. The Kier molecular flexibility index (Phi) is 4.65. The van der Waals surface area contributed by atoms with Crippen molar-refractivity contribution < 1.29 is 4.42 Å². The fraction of sp³-hybridized carbons (Fsp3) is 0.692. The molecule has 0 aliphatic carbocycles. The molecule has 4 heteroatoms. The molecule has 1 aliphatic rings. The summed E-state index contributed by atoms with van der Waals surface area (Å²) in [7, 11) is 0. The zero-order valence-corrected chi connectivity index (χ0v) is 11.9. The molecule has 2 N–H and O–H groups in total. The van der Waals surface area contributed by atoms with Gasteiger partial charge in [0.1, 0.15) is 5.76 Å².